The minimum Gasteiger partial charge on any atom is -0.337 e. The number of sulfonamides is 1. The summed E-state index contributed by atoms with van der Waals surface area (Å²) in [5.41, 5.74) is 0. The molecule has 0 radical (unpaired) electrons. The van der Waals surface area contributed by atoms with Crippen molar-refractivity contribution in [3.8, 4) is 0 Å². The van der Waals surface area contributed by atoms with Gasteiger partial charge in [0, 0.05) is 38.6 Å². The van der Waals surface area contributed by atoms with Crippen LogP contribution in [0.15, 0.2) is 29.2 Å². The fraction of sp³-hybridized carbons (Fsp3) is 0.500. The number of piperazine rings is 1. The van der Waals surface area contributed by atoms with Crippen LogP contribution in [0, 0.1) is 5.82 Å². The minimum atomic E-state index is -3.72. The maximum absolute atomic E-state index is 12.8. The van der Waals surface area contributed by atoms with Gasteiger partial charge in [-0.25, -0.2) is 17.5 Å². The summed E-state index contributed by atoms with van der Waals surface area (Å²) in [6.07, 6.45) is 0.102. The van der Waals surface area contributed by atoms with Crippen LogP contribution in [0.1, 0.15) is 13.3 Å². The number of hydrogen-bond acceptors (Lipinski definition) is 4. The largest absolute Gasteiger partial charge is 0.337 e. The molecule has 0 bridgehead atoms. The maximum Gasteiger partial charge on any atom is 0.240 e. The Bertz CT molecular complexity index is 625. The van der Waals surface area contributed by atoms with Crippen LogP contribution in [-0.2, 0) is 14.8 Å². The number of benzene rings is 1. The second-order valence-electron chi connectivity index (χ2n) is 5.24. The van der Waals surface area contributed by atoms with Crippen LogP contribution < -0.4 is 10.0 Å². The number of carbonyl (C=O) groups excluding carboxylic acids is 1. The second kappa shape index (κ2) is 8.58. The summed E-state index contributed by atoms with van der Waals surface area (Å²) in [5.74, 6) is -0.572. The summed E-state index contributed by atoms with van der Waals surface area (Å²) in [6.45, 7) is 4.09. The van der Waals surface area contributed by atoms with Crippen LogP contribution in [0.2, 0.25) is 0 Å². The fourth-order valence-electron chi connectivity index (χ4n) is 2.34. The SMILES string of the molecule is C[C@@H]1CNCCN1C(=O)CCNS(=O)(=O)c1ccc(F)cc1.Cl. The van der Waals surface area contributed by atoms with E-state index in [2.05, 4.69) is 10.0 Å². The van der Waals surface area contributed by atoms with Crippen LogP contribution in [0.4, 0.5) is 4.39 Å². The number of carbonyl (C=O) groups is 1. The van der Waals surface area contributed by atoms with Crippen molar-refractivity contribution in [2.24, 2.45) is 0 Å². The van der Waals surface area contributed by atoms with Gasteiger partial charge in [-0.15, -0.1) is 12.4 Å². The van der Waals surface area contributed by atoms with Crippen molar-refractivity contribution in [3.63, 3.8) is 0 Å². The van der Waals surface area contributed by atoms with Gasteiger partial charge in [0.25, 0.3) is 0 Å². The second-order valence-corrected chi connectivity index (χ2v) is 7.01. The number of halogens is 2. The van der Waals surface area contributed by atoms with Gasteiger partial charge in [0.2, 0.25) is 15.9 Å². The van der Waals surface area contributed by atoms with Crippen molar-refractivity contribution in [2.75, 3.05) is 26.2 Å². The summed E-state index contributed by atoms with van der Waals surface area (Å²) in [4.78, 5) is 13.8. The Hall–Kier alpha value is -1.22. The molecule has 0 spiro atoms. The van der Waals surface area contributed by atoms with E-state index >= 15 is 0 Å². The molecule has 0 aliphatic carbocycles. The Kier molecular flexibility index (Phi) is 7.40. The lowest BCUT2D eigenvalue weighted by Gasteiger charge is -2.34. The smallest absolute Gasteiger partial charge is 0.240 e. The summed E-state index contributed by atoms with van der Waals surface area (Å²) in [6, 6.07) is 4.66. The minimum absolute atomic E-state index is 0. The molecule has 1 aliphatic rings. The Morgan fingerprint density at radius 1 is 1.39 bits per heavy atom. The van der Waals surface area contributed by atoms with E-state index in [1.807, 2.05) is 6.92 Å². The van der Waals surface area contributed by atoms with Gasteiger partial charge in [-0.3, -0.25) is 4.79 Å². The molecular weight excluding hydrogens is 345 g/mol. The highest BCUT2D eigenvalue weighted by Gasteiger charge is 2.23. The average Bonchev–Trinajstić information content (AvgIpc) is 2.48. The van der Waals surface area contributed by atoms with Gasteiger partial charge >= 0.3 is 0 Å². The highest BCUT2D eigenvalue weighted by Crippen LogP contribution is 2.10. The molecule has 1 heterocycles. The lowest BCUT2D eigenvalue weighted by atomic mass is 10.2. The first-order valence-electron chi connectivity index (χ1n) is 7.15. The topological polar surface area (TPSA) is 78.5 Å². The predicted molar refractivity (Wildman–Crippen MR) is 87.5 cm³/mol. The van der Waals surface area contributed by atoms with Crippen molar-refractivity contribution in [1.82, 2.24) is 14.9 Å². The molecule has 0 unspecified atom stereocenters. The maximum atomic E-state index is 12.8. The normalized spacial score (nSPS) is 18.3. The highest BCUT2D eigenvalue weighted by molar-refractivity contribution is 7.89. The van der Waals surface area contributed by atoms with Gasteiger partial charge in [0.1, 0.15) is 5.82 Å². The van der Waals surface area contributed by atoms with Crippen LogP contribution >= 0.6 is 12.4 Å². The first kappa shape index (κ1) is 19.8. The van der Waals surface area contributed by atoms with Gasteiger partial charge in [-0.1, -0.05) is 0 Å². The van der Waals surface area contributed by atoms with Crippen LogP contribution in [0.25, 0.3) is 0 Å². The van der Waals surface area contributed by atoms with Crippen LogP contribution in [0.5, 0.6) is 0 Å². The molecular formula is C14H21ClFN3O3S. The average molecular weight is 366 g/mol. The standard InChI is InChI=1S/C14H20FN3O3S.ClH/c1-11-10-16-8-9-18(11)14(19)6-7-17-22(20,21)13-4-2-12(15)3-5-13;/h2-5,11,16-17H,6-10H2,1H3;1H/t11-;/m1./s1. The fourth-order valence-corrected chi connectivity index (χ4v) is 3.38. The molecule has 2 N–H and O–H groups in total. The van der Waals surface area contributed by atoms with Crippen molar-refractivity contribution < 1.29 is 17.6 Å². The Labute approximate surface area is 141 Å². The molecule has 0 aromatic heterocycles. The van der Waals surface area contributed by atoms with E-state index in [9.17, 15) is 17.6 Å². The van der Waals surface area contributed by atoms with E-state index in [1.165, 1.54) is 12.1 Å². The zero-order valence-electron chi connectivity index (χ0n) is 12.8. The van der Waals surface area contributed by atoms with Crippen LogP contribution in [-0.4, -0.2) is 51.4 Å². The molecule has 1 aliphatic heterocycles. The third-order valence-corrected chi connectivity index (χ3v) is 5.05. The molecule has 6 nitrogen and oxygen atoms in total. The molecule has 130 valence electrons. The number of hydrogen-bond donors (Lipinski definition) is 2. The molecule has 0 saturated carbocycles. The zero-order chi connectivity index (χ0) is 16.2. The predicted octanol–water partition coefficient (Wildman–Crippen LogP) is 0.736. The molecule has 1 saturated heterocycles. The van der Waals surface area contributed by atoms with E-state index in [1.54, 1.807) is 4.90 Å². The number of nitrogens with one attached hydrogen (secondary N) is 2. The van der Waals surface area contributed by atoms with Gasteiger partial charge in [-0.2, -0.15) is 0 Å². The highest BCUT2D eigenvalue weighted by atomic mass is 35.5. The molecule has 1 aromatic carbocycles. The van der Waals surface area contributed by atoms with Crippen LogP contribution in [0.3, 0.4) is 0 Å². The summed E-state index contributed by atoms with van der Waals surface area (Å²) in [7, 11) is -3.72. The number of amides is 1. The number of rotatable bonds is 5. The zero-order valence-corrected chi connectivity index (χ0v) is 14.4. The lowest BCUT2D eigenvalue weighted by Crippen LogP contribution is -2.52. The van der Waals surface area contributed by atoms with Crippen molar-refractivity contribution in [3.05, 3.63) is 30.1 Å². The molecule has 1 fully saturated rings. The third kappa shape index (κ3) is 5.42. The molecule has 9 heteroatoms. The van der Waals surface area contributed by atoms with E-state index in [0.717, 1.165) is 25.2 Å². The molecule has 1 atom stereocenters. The third-order valence-electron chi connectivity index (χ3n) is 3.58. The summed E-state index contributed by atoms with van der Waals surface area (Å²) >= 11 is 0. The van der Waals surface area contributed by atoms with Crippen molar-refractivity contribution in [2.45, 2.75) is 24.3 Å². The first-order valence-corrected chi connectivity index (χ1v) is 8.64. The Balaban J connectivity index is 0.00000264. The molecule has 2 rings (SSSR count). The van der Waals surface area contributed by atoms with Crippen molar-refractivity contribution >= 4 is 28.3 Å². The van der Waals surface area contributed by atoms with E-state index < -0.39 is 15.8 Å². The summed E-state index contributed by atoms with van der Waals surface area (Å²) in [5, 5.41) is 3.19. The van der Waals surface area contributed by atoms with Gasteiger partial charge in [-0.05, 0) is 31.2 Å². The van der Waals surface area contributed by atoms with Gasteiger partial charge < -0.3 is 10.2 Å². The van der Waals surface area contributed by atoms with E-state index in [-0.39, 0.29) is 42.2 Å². The first-order chi connectivity index (χ1) is 10.4. The Morgan fingerprint density at radius 2 is 2.04 bits per heavy atom. The number of nitrogens with zero attached hydrogens (tertiary/aromatic N) is 1. The van der Waals surface area contributed by atoms with Crippen molar-refractivity contribution in [1.29, 1.82) is 0 Å². The molecule has 1 aromatic rings. The van der Waals surface area contributed by atoms with E-state index in [4.69, 9.17) is 0 Å². The molecule has 23 heavy (non-hydrogen) atoms. The summed E-state index contributed by atoms with van der Waals surface area (Å²) < 4.78 is 39.2. The van der Waals surface area contributed by atoms with Gasteiger partial charge in [0.15, 0.2) is 0 Å². The monoisotopic (exact) mass is 365 g/mol. The van der Waals surface area contributed by atoms with Gasteiger partial charge in [0.05, 0.1) is 4.90 Å². The lowest BCUT2D eigenvalue weighted by molar-refractivity contribution is -0.133. The molecule has 1 amide bonds. The Morgan fingerprint density at radius 3 is 2.65 bits per heavy atom. The quantitative estimate of drug-likeness (QED) is 0.806. The van der Waals surface area contributed by atoms with E-state index in [0.29, 0.717) is 6.54 Å².